The third kappa shape index (κ3) is 3.42. The highest BCUT2D eigenvalue weighted by Crippen LogP contribution is 2.39. The molecule has 5 aromatic rings. The molecule has 5 rings (SSSR count). The van der Waals surface area contributed by atoms with Crippen LogP contribution in [0.4, 0.5) is 5.69 Å². The number of thiophene rings is 1. The number of hydrogen-bond acceptors (Lipinski definition) is 2. The van der Waals surface area contributed by atoms with Crippen LogP contribution in [-0.2, 0) is 4.79 Å². The van der Waals surface area contributed by atoms with Crippen molar-refractivity contribution in [2.24, 2.45) is 0 Å². The van der Waals surface area contributed by atoms with E-state index in [9.17, 15) is 4.79 Å². The van der Waals surface area contributed by atoms with Gasteiger partial charge in [0.2, 0.25) is 6.41 Å². The van der Waals surface area contributed by atoms with Gasteiger partial charge in [-0.3, -0.25) is 4.79 Å². The third-order valence-corrected chi connectivity index (χ3v) is 5.81. The van der Waals surface area contributed by atoms with Gasteiger partial charge in [0.15, 0.2) is 0 Å². The first-order valence-electron chi connectivity index (χ1n) is 8.83. The molecule has 132 valence electrons. The van der Waals surface area contributed by atoms with E-state index >= 15 is 0 Å². The lowest BCUT2D eigenvalue weighted by Crippen LogP contribution is -1.91. The van der Waals surface area contributed by atoms with Crippen molar-refractivity contribution in [3.8, 4) is 0 Å². The zero-order valence-electron chi connectivity index (χ0n) is 15.0. The van der Waals surface area contributed by atoms with Crippen LogP contribution in [0, 0.1) is 6.92 Å². The average molecular weight is 369 g/mol. The van der Waals surface area contributed by atoms with E-state index in [0.717, 1.165) is 5.69 Å². The lowest BCUT2D eigenvalue weighted by atomic mass is 10.0. The largest absolute Gasteiger partial charge is 0.329 e. The fraction of sp³-hybridized carbons (Fsp3) is 0.0417. The van der Waals surface area contributed by atoms with Crippen LogP contribution in [0.1, 0.15) is 5.56 Å². The fourth-order valence-electron chi connectivity index (χ4n) is 3.33. The standard InChI is InChI=1S/C17H12S.C7H7NO/c1-11-10-15-13-7-4-5-9-16(13)18-17(15)14-8-3-2-6-12(11)14;9-6-8-7-4-2-1-3-5-7/h2-10H,1H3;1-6H,(H,8,9). The number of fused-ring (bicyclic) bond motifs is 5. The maximum atomic E-state index is 9.86. The molecule has 0 saturated heterocycles. The van der Waals surface area contributed by atoms with Crippen molar-refractivity contribution in [1.29, 1.82) is 0 Å². The monoisotopic (exact) mass is 369 g/mol. The molecule has 4 aromatic carbocycles. The van der Waals surface area contributed by atoms with Crippen LogP contribution >= 0.6 is 11.3 Å². The summed E-state index contributed by atoms with van der Waals surface area (Å²) in [5, 5.41) is 8.06. The number of aryl methyl sites for hydroxylation is 1. The van der Waals surface area contributed by atoms with Gasteiger partial charge in [-0.25, -0.2) is 0 Å². The Labute approximate surface area is 162 Å². The predicted molar refractivity (Wildman–Crippen MR) is 118 cm³/mol. The van der Waals surface area contributed by atoms with Crippen LogP contribution in [0.25, 0.3) is 30.9 Å². The number of hydrogen-bond donors (Lipinski definition) is 1. The van der Waals surface area contributed by atoms with Gasteiger partial charge >= 0.3 is 0 Å². The minimum Gasteiger partial charge on any atom is -0.329 e. The Bertz CT molecular complexity index is 1220. The molecule has 3 heteroatoms. The average Bonchev–Trinajstić information content (AvgIpc) is 3.09. The zero-order valence-corrected chi connectivity index (χ0v) is 15.8. The van der Waals surface area contributed by atoms with E-state index < -0.39 is 0 Å². The molecule has 0 spiro atoms. The van der Waals surface area contributed by atoms with Crippen molar-refractivity contribution in [2.45, 2.75) is 6.92 Å². The molecule has 0 aliphatic carbocycles. The van der Waals surface area contributed by atoms with Gasteiger partial charge in [-0.05, 0) is 47.5 Å². The van der Waals surface area contributed by atoms with Crippen molar-refractivity contribution >= 4 is 54.4 Å². The first-order chi connectivity index (χ1) is 13.3. The first kappa shape index (κ1) is 17.3. The van der Waals surface area contributed by atoms with E-state index in [1.54, 1.807) is 0 Å². The summed E-state index contributed by atoms with van der Waals surface area (Å²) in [6, 6.07) is 29.0. The van der Waals surface area contributed by atoms with Crippen LogP contribution < -0.4 is 5.32 Å². The Morgan fingerprint density at radius 1 is 0.741 bits per heavy atom. The molecule has 0 atom stereocenters. The summed E-state index contributed by atoms with van der Waals surface area (Å²) in [7, 11) is 0. The molecule has 0 aliphatic rings. The lowest BCUT2D eigenvalue weighted by molar-refractivity contribution is -0.105. The number of amides is 1. The molecule has 0 saturated carbocycles. The number of benzene rings is 4. The molecule has 2 nitrogen and oxygen atoms in total. The first-order valence-corrected chi connectivity index (χ1v) is 9.64. The number of para-hydroxylation sites is 1. The van der Waals surface area contributed by atoms with Crippen LogP contribution in [0.5, 0.6) is 0 Å². The van der Waals surface area contributed by atoms with Gasteiger partial charge in [0.25, 0.3) is 0 Å². The van der Waals surface area contributed by atoms with Crippen molar-refractivity contribution < 1.29 is 4.79 Å². The molecule has 1 amide bonds. The van der Waals surface area contributed by atoms with Gasteiger partial charge in [0.1, 0.15) is 0 Å². The second-order valence-corrected chi connectivity index (χ2v) is 7.39. The van der Waals surface area contributed by atoms with Gasteiger partial charge in [-0.1, -0.05) is 60.7 Å². The number of carbonyl (C=O) groups excluding carboxylic acids is 1. The molecule has 0 aliphatic heterocycles. The zero-order chi connectivity index (χ0) is 18.6. The molecule has 1 N–H and O–H groups in total. The van der Waals surface area contributed by atoms with Crippen LogP contribution in [0.3, 0.4) is 0 Å². The van der Waals surface area contributed by atoms with Gasteiger partial charge in [-0.15, -0.1) is 11.3 Å². The highest BCUT2D eigenvalue weighted by molar-refractivity contribution is 7.26. The Morgan fingerprint density at radius 3 is 2.11 bits per heavy atom. The summed E-state index contributed by atoms with van der Waals surface area (Å²) in [4.78, 5) is 9.86. The maximum Gasteiger partial charge on any atom is 0.211 e. The molecule has 0 unspecified atom stereocenters. The van der Waals surface area contributed by atoms with Crippen molar-refractivity contribution in [3.63, 3.8) is 0 Å². The molecule has 1 aromatic heterocycles. The lowest BCUT2D eigenvalue weighted by Gasteiger charge is -2.03. The number of anilines is 1. The third-order valence-electron chi connectivity index (χ3n) is 4.59. The number of rotatable bonds is 2. The summed E-state index contributed by atoms with van der Waals surface area (Å²) in [6.07, 6.45) is 0.662. The molecular weight excluding hydrogens is 350 g/mol. The van der Waals surface area contributed by atoms with Crippen LogP contribution in [0.2, 0.25) is 0 Å². The van der Waals surface area contributed by atoms with Gasteiger partial charge < -0.3 is 5.32 Å². The number of carbonyl (C=O) groups is 1. The van der Waals surface area contributed by atoms with E-state index in [0.29, 0.717) is 6.41 Å². The van der Waals surface area contributed by atoms with Crippen LogP contribution in [-0.4, -0.2) is 6.41 Å². The smallest absolute Gasteiger partial charge is 0.211 e. The maximum absolute atomic E-state index is 9.86. The predicted octanol–water partition coefficient (Wildman–Crippen LogP) is 6.77. The van der Waals surface area contributed by atoms with Gasteiger partial charge in [-0.2, -0.15) is 0 Å². The summed E-state index contributed by atoms with van der Waals surface area (Å²) in [5.74, 6) is 0. The SMILES string of the molecule is Cc1cc2c3ccccc3sc2c2ccccc12.O=CNc1ccccc1. The van der Waals surface area contributed by atoms with E-state index in [1.165, 1.54) is 36.5 Å². The molecule has 1 heterocycles. The fourth-order valence-corrected chi connectivity index (χ4v) is 4.55. The Hall–Kier alpha value is -3.17. The second-order valence-electron chi connectivity index (χ2n) is 6.34. The molecular formula is C24H19NOS. The number of nitrogens with one attached hydrogen (secondary N) is 1. The summed E-state index contributed by atoms with van der Waals surface area (Å²) < 4.78 is 2.79. The molecule has 0 radical (unpaired) electrons. The minimum absolute atomic E-state index is 0.662. The summed E-state index contributed by atoms with van der Waals surface area (Å²) >= 11 is 1.90. The quantitative estimate of drug-likeness (QED) is 0.342. The summed E-state index contributed by atoms with van der Waals surface area (Å²) in [6.45, 7) is 2.20. The van der Waals surface area contributed by atoms with Gasteiger partial charge in [0, 0.05) is 25.9 Å². The Kier molecular flexibility index (Phi) is 4.86. The minimum atomic E-state index is 0.662. The molecule has 0 fully saturated rings. The molecule has 27 heavy (non-hydrogen) atoms. The highest BCUT2D eigenvalue weighted by Gasteiger charge is 2.09. The van der Waals surface area contributed by atoms with E-state index in [-0.39, 0.29) is 0 Å². The Balaban J connectivity index is 0.000000170. The van der Waals surface area contributed by atoms with E-state index in [4.69, 9.17) is 0 Å². The van der Waals surface area contributed by atoms with Crippen LogP contribution in [0.15, 0.2) is 84.9 Å². The van der Waals surface area contributed by atoms with E-state index in [1.807, 2.05) is 41.7 Å². The van der Waals surface area contributed by atoms with Crippen molar-refractivity contribution in [1.82, 2.24) is 0 Å². The second kappa shape index (κ2) is 7.60. The topological polar surface area (TPSA) is 29.1 Å². The van der Waals surface area contributed by atoms with Gasteiger partial charge in [0.05, 0.1) is 0 Å². The highest BCUT2D eigenvalue weighted by atomic mass is 32.1. The normalized spacial score (nSPS) is 10.6. The molecule has 0 bridgehead atoms. The summed E-state index contributed by atoms with van der Waals surface area (Å²) in [5.41, 5.74) is 2.19. The Morgan fingerprint density at radius 2 is 1.37 bits per heavy atom. The van der Waals surface area contributed by atoms with E-state index in [2.05, 4.69) is 66.8 Å². The van der Waals surface area contributed by atoms with Crippen molar-refractivity contribution in [2.75, 3.05) is 5.32 Å². The van der Waals surface area contributed by atoms with Crippen molar-refractivity contribution in [3.05, 3.63) is 90.5 Å².